The van der Waals surface area contributed by atoms with Gasteiger partial charge < -0.3 is 18.9 Å². The number of carbonyl (C=O) groups excluding carboxylic acids is 2. The third kappa shape index (κ3) is 3.22. The predicted molar refractivity (Wildman–Crippen MR) is 85.5 cm³/mol. The molecule has 0 saturated heterocycles. The molecule has 1 aromatic rings. The Kier molecular flexibility index (Phi) is 6.11. The lowest BCUT2D eigenvalue weighted by Gasteiger charge is -2.32. The van der Waals surface area contributed by atoms with Gasteiger partial charge in [-0.05, 0) is 5.56 Å². The normalized spacial score (nSPS) is 21.6. The van der Waals surface area contributed by atoms with E-state index in [2.05, 4.69) is 4.89 Å². The molecule has 1 N–H and O–H groups in total. The highest BCUT2D eigenvalue weighted by atomic mass is 17.2. The fourth-order valence-electron chi connectivity index (χ4n) is 2.81. The molecule has 0 fully saturated rings. The van der Waals surface area contributed by atoms with Crippen molar-refractivity contribution in [3.8, 4) is 0 Å². The lowest BCUT2D eigenvalue weighted by molar-refractivity contribution is -0.454. The van der Waals surface area contributed by atoms with Crippen LogP contribution in [-0.4, -0.2) is 57.4 Å². The second-order valence-corrected chi connectivity index (χ2v) is 5.31. The highest BCUT2D eigenvalue weighted by molar-refractivity contribution is 6.03. The molecule has 0 spiro atoms. The van der Waals surface area contributed by atoms with Crippen molar-refractivity contribution in [2.75, 3.05) is 28.4 Å². The van der Waals surface area contributed by atoms with Crippen molar-refractivity contribution in [1.29, 1.82) is 0 Å². The van der Waals surface area contributed by atoms with Crippen LogP contribution in [0.2, 0.25) is 0 Å². The van der Waals surface area contributed by atoms with Gasteiger partial charge in [0.25, 0.3) is 0 Å². The molecule has 2 rings (SSSR count). The second-order valence-electron chi connectivity index (χ2n) is 5.31. The largest absolute Gasteiger partial charge is 0.465 e. The molecular formula is C17H20O9. The maximum absolute atomic E-state index is 12.5. The van der Waals surface area contributed by atoms with Crippen molar-refractivity contribution in [1.82, 2.24) is 0 Å². The molecular weight excluding hydrogens is 348 g/mol. The van der Waals surface area contributed by atoms with E-state index in [4.69, 9.17) is 23.7 Å². The van der Waals surface area contributed by atoms with E-state index in [-0.39, 0.29) is 6.42 Å². The zero-order valence-electron chi connectivity index (χ0n) is 14.8. The van der Waals surface area contributed by atoms with Gasteiger partial charge in [0.2, 0.25) is 5.79 Å². The summed E-state index contributed by atoms with van der Waals surface area (Å²) in [6.45, 7) is 0. The number of rotatable bonds is 7. The standard InChI is InChI=1S/C17H20O9/c1-21-14(18)12-13(15(19)22-2)17(23-3,24-4)25-16(12,26-20)10-11-8-6-5-7-9-11/h5-9,20H,10H2,1-4H3/t16-/m1/s1. The van der Waals surface area contributed by atoms with Crippen LogP contribution >= 0.6 is 0 Å². The van der Waals surface area contributed by atoms with E-state index in [1.807, 2.05) is 0 Å². The van der Waals surface area contributed by atoms with Crippen LogP contribution in [0.15, 0.2) is 41.5 Å². The van der Waals surface area contributed by atoms with Crippen molar-refractivity contribution in [2.24, 2.45) is 0 Å². The summed E-state index contributed by atoms with van der Waals surface area (Å²) in [7, 11) is 4.60. The fourth-order valence-corrected chi connectivity index (χ4v) is 2.81. The molecule has 9 heteroatoms. The molecule has 0 radical (unpaired) electrons. The SMILES string of the molecule is COC(=O)C1=C(C(=O)OC)[C@@](Cc2ccccc2)(OO)OC1(OC)OC. The maximum Gasteiger partial charge on any atom is 0.342 e. The summed E-state index contributed by atoms with van der Waals surface area (Å²) in [5, 5.41) is 9.66. The van der Waals surface area contributed by atoms with E-state index >= 15 is 0 Å². The number of benzene rings is 1. The molecule has 1 atom stereocenters. The minimum absolute atomic E-state index is 0.149. The fraction of sp³-hybridized carbons (Fsp3) is 0.412. The van der Waals surface area contributed by atoms with Gasteiger partial charge in [-0.3, -0.25) is 4.74 Å². The first-order valence-corrected chi connectivity index (χ1v) is 7.52. The van der Waals surface area contributed by atoms with Crippen LogP contribution in [0, 0.1) is 0 Å². The van der Waals surface area contributed by atoms with Crippen LogP contribution in [0.3, 0.4) is 0 Å². The van der Waals surface area contributed by atoms with Gasteiger partial charge in [-0.15, -0.1) is 0 Å². The van der Waals surface area contributed by atoms with Gasteiger partial charge in [0.15, 0.2) is 0 Å². The number of hydrogen-bond acceptors (Lipinski definition) is 9. The zero-order chi connectivity index (χ0) is 19.4. The second kappa shape index (κ2) is 7.94. The third-order valence-corrected chi connectivity index (χ3v) is 3.98. The highest BCUT2D eigenvalue weighted by Crippen LogP contribution is 2.47. The van der Waals surface area contributed by atoms with Crippen LogP contribution in [-0.2, 0) is 44.6 Å². The molecule has 142 valence electrons. The first-order valence-electron chi connectivity index (χ1n) is 7.52. The Hall–Kier alpha value is -2.30. The third-order valence-electron chi connectivity index (χ3n) is 3.98. The van der Waals surface area contributed by atoms with Crippen molar-refractivity contribution in [3.63, 3.8) is 0 Å². The van der Waals surface area contributed by atoms with Gasteiger partial charge in [-0.2, -0.15) is 4.89 Å². The summed E-state index contributed by atoms with van der Waals surface area (Å²) in [4.78, 5) is 29.4. The Balaban J connectivity index is 2.72. The number of carbonyl (C=O) groups is 2. The molecule has 0 bridgehead atoms. The summed E-state index contributed by atoms with van der Waals surface area (Å²) >= 11 is 0. The number of methoxy groups -OCH3 is 4. The first-order chi connectivity index (χ1) is 12.4. The van der Waals surface area contributed by atoms with Gasteiger partial charge in [0, 0.05) is 20.6 Å². The monoisotopic (exact) mass is 368 g/mol. The predicted octanol–water partition coefficient (Wildman–Crippen LogP) is 1.03. The Bertz CT molecular complexity index is 693. The van der Waals surface area contributed by atoms with E-state index in [0.717, 1.165) is 14.2 Å². The Morgan fingerprint density at radius 2 is 1.50 bits per heavy atom. The number of esters is 2. The number of ether oxygens (including phenoxy) is 5. The Morgan fingerprint density at radius 3 is 1.96 bits per heavy atom. The van der Waals surface area contributed by atoms with Gasteiger partial charge >= 0.3 is 17.9 Å². The van der Waals surface area contributed by atoms with E-state index < -0.39 is 34.8 Å². The van der Waals surface area contributed by atoms with E-state index in [1.54, 1.807) is 30.3 Å². The molecule has 0 saturated carbocycles. The van der Waals surface area contributed by atoms with Gasteiger partial charge in [-0.1, -0.05) is 30.3 Å². The van der Waals surface area contributed by atoms with Crippen LogP contribution in [0.1, 0.15) is 5.56 Å². The minimum atomic E-state index is -2.14. The van der Waals surface area contributed by atoms with E-state index in [0.29, 0.717) is 5.56 Å². The number of hydrogen-bond donors (Lipinski definition) is 1. The van der Waals surface area contributed by atoms with Crippen LogP contribution in [0.5, 0.6) is 0 Å². The average molecular weight is 368 g/mol. The zero-order valence-corrected chi connectivity index (χ0v) is 14.8. The first kappa shape index (κ1) is 20.0. The molecule has 0 aliphatic carbocycles. The highest BCUT2D eigenvalue weighted by Gasteiger charge is 2.64. The lowest BCUT2D eigenvalue weighted by atomic mass is 9.95. The van der Waals surface area contributed by atoms with Crippen LogP contribution < -0.4 is 0 Å². The summed E-state index contributed by atoms with van der Waals surface area (Å²) < 4.78 is 25.5. The van der Waals surface area contributed by atoms with Gasteiger partial charge in [-0.25, -0.2) is 14.8 Å². The van der Waals surface area contributed by atoms with Crippen molar-refractivity contribution in [3.05, 3.63) is 47.0 Å². The Morgan fingerprint density at radius 1 is 0.962 bits per heavy atom. The topological polar surface area (TPSA) is 110 Å². The smallest absolute Gasteiger partial charge is 0.342 e. The summed E-state index contributed by atoms with van der Waals surface area (Å²) in [5.41, 5.74) is -0.223. The Labute approximate surface area is 149 Å². The van der Waals surface area contributed by atoms with Crippen molar-refractivity contribution >= 4 is 11.9 Å². The molecule has 0 amide bonds. The molecule has 1 heterocycles. The molecule has 1 aliphatic heterocycles. The summed E-state index contributed by atoms with van der Waals surface area (Å²) in [6.07, 6.45) is -0.149. The molecule has 1 aliphatic rings. The minimum Gasteiger partial charge on any atom is -0.465 e. The quantitative estimate of drug-likeness (QED) is 0.327. The molecule has 1 aromatic carbocycles. The van der Waals surface area contributed by atoms with E-state index in [1.165, 1.54) is 14.2 Å². The van der Waals surface area contributed by atoms with Crippen LogP contribution in [0.25, 0.3) is 0 Å². The molecule has 0 aromatic heterocycles. The molecule has 9 nitrogen and oxygen atoms in total. The summed E-state index contributed by atoms with van der Waals surface area (Å²) in [5.74, 6) is -6.22. The molecule has 26 heavy (non-hydrogen) atoms. The lowest BCUT2D eigenvalue weighted by Crippen LogP contribution is -2.46. The van der Waals surface area contributed by atoms with E-state index in [9.17, 15) is 14.8 Å². The average Bonchev–Trinajstić information content (AvgIpc) is 2.98. The van der Waals surface area contributed by atoms with Gasteiger partial charge in [0.05, 0.1) is 14.2 Å². The maximum atomic E-state index is 12.5. The summed E-state index contributed by atoms with van der Waals surface area (Å²) in [6, 6.07) is 8.72. The van der Waals surface area contributed by atoms with Crippen molar-refractivity contribution in [2.45, 2.75) is 18.2 Å². The van der Waals surface area contributed by atoms with Crippen LogP contribution in [0.4, 0.5) is 0 Å². The van der Waals surface area contributed by atoms with Crippen molar-refractivity contribution < 1.29 is 43.4 Å². The molecule has 0 unspecified atom stereocenters. The van der Waals surface area contributed by atoms with Gasteiger partial charge in [0.1, 0.15) is 11.1 Å².